The van der Waals surface area contributed by atoms with Crippen LogP contribution < -0.4 is 34.3 Å². The van der Waals surface area contributed by atoms with Gasteiger partial charge in [-0.3, -0.25) is 0 Å². The number of carbonyl (C=O) groups excluding carboxylic acids is 2. The first kappa shape index (κ1) is 21.4. The van der Waals surface area contributed by atoms with Gasteiger partial charge in [0.25, 0.3) is 0 Å². The molecular weight excluding hydrogens is 327 g/mol. The van der Waals surface area contributed by atoms with E-state index in [1.807, 2.05) is 6.07 Å². The molecule has 0 radical (unpaired) electrons. The molecular formula is C20H23NaO4. The molecule has 0 saturated heterocycles. The van der Waals surface area contributed by atoms with Crippen molar-refractivity contribution >= 4 is 11.9 Å². The maximum atomic E-state index is 11.9. The summed E-state index contributed by atoms with van der Waals surface area (Å²) in [6.07, 6.45) is 4.25. The van der Waals surface area contributed by atoms with Crippen LogP contribution in [0.4, 0.5) is 0 Å². The van der Waals surface area contributed by atoms with E-state index in [9.17, 15) is 9.59 Å². The van der Waals surface area contributed by atoms with Crippen molar-refractivity contribution < 1.29 is 50.0 Å². The molecule has 4 nitrogen and oxygen atoms in total. The maximum absolute atomic E-state index is 11.9. The molecule has 0 saturated carbocycles. The average molecular weight is 350 g/mol. The van der Waals surface area contributed by atoms with Crippen LogP contribution in [0.1, 0.15) is 54.7 Å². The van der Waals surface area contributed by atoms with Crippen LogP contribution in [0.25, 0.3) is 0 Å². The van der Waals surface area contributed by atoms with Crippen molar-refractivity contribution in [2.45, 2.75) is 32.6 Å². The van der Waals surface area contributed by atoms with Gasteiger partial charge < -0.3 is 10.9 Å². The second kappa shape index (κ2) is 11.9. The van der Waals surface area contributed by atoms with Crippen LogP contribution in [0, 0.1) is 0 Å². The van der Waals surface area contributed by atoms with Gasteiger partial charge in [-0.25, -0.2) is 9.59 Å². The number of carbonyl (C=O) groups is 2. The van der Waals surface area contributed by atoms with E-state index < -0.39 is 5.97 Å². The number of esters is 2. The van der Waals surface area contributed by atoms with Crippen LogP contribution in [0.2, 0.25) is 0 Å². The van der Waals surface area contributed by atoms with Gasteiger partial charge in [0, 0.05) is 0 Å². The van der Waals surface area contributed by atoms with Crippen molar-refractivity contribution in [3.8, 4) is 5.75 Å². The number of ether oxygens (including phenoxy) is 2. The summed E-state index contributed by atoms with van der Waals surface area (Å²) in [6, 6.07) is 15.1. The van der Waals surface area contributed by atoms with Gasteiger partial charge in [-0.15, -0.1) is 0 Å². The molecule has 0 N–H and O–H groups in total. The van der Waals surface area contributed by atoms with Crippen LogP contribution in [0.15, 0.2) is 54.6 Å². The molecule has 2 aromatic carbocycles. The van der Waals surface area contributed by atoms with Crippen molar-refractivity contribution in [1.29, 1.82) is 0 Å². The molecule has 128 valence electrons. The molecule has 0 aliphatic heterocycles. The molecule has 0 aliphatic carbocycles. The van der Waals surface area contributed by atoms with E-state index in [1.54, 1.807) is 48.5 Å². The third-order valence-corrected chi connectivity index (χ3v) is 3.54. The summed E-state index contributed by atoms with van der Waals surface area (Å²) < 4.78 is 10.5. The smallest absolute Gasteiger partial charge is 1.00 e. The Morgan fingerprint density at radius 1 is 0.840 bits per heavy atom. The first-order valence-corrected chi connectivity index (χ1v) is 8.25. The number of benzene rings is 2. The molecule has 2 aromatic rings. The van der Waals surface area contributed by atoms with E-state index in [4.69, 9.17) is 9.47 Å². The predicted molar refractivity (Wildman–Crippen MR) is 93.4 cm³/mol. The van der Waals surface area contributed by atoms with Gasteiger partial charge in [-0.1, -0.05) is 44.4 Å². The first-order chi connectivity index (χ1) is 11.7. The van der Waals surface area contributed by atoms with Crippen LogP contribution in [-0.2, 0) is 4.74 Å². The molecule has 25 heavy (non-hydrogen) atoms. The standard InChI is InChI=1S/C20H22O4.Na.H/c1-2-3-4-8-15-23-19(21)17-11-13-18(14-12-17)24-20(22)16-9-6-5-7-10-16;;/h5-7,9-14H,2-4,8,15H2,1H3;;/q;+1;-1. The van der Waals surface area contributed by atoms with Gasteiger partial charge in [0.15, 0.2) is 0 Å². The van der Waals surface area contributed by atoms with E-state index >= 15 is 0 Å². The fraction of sp³-hybridized carbons (Fsp3) is 0.300. The number of unbranched alkanes of at least 4 members (excludes halogenated alkanes) is 3. The van der Waals surface area contributed by atoms with Crippen molar-refractivity contribution in [1.82, 2.24) is 0 Å². The second-order valence-corrected chi connectivity index (χ2v) is 5.48. The number of rotatable bonds is 8. The molecule has 0 unspecified atom stereocenters. The summed E-state index contributed by atoms with van der Waals surface area (Å²) in [5.41, 5.74) is 0.929. The molecule has 5 heteroatoms. The molecule has 0 heterocycles. The normalized spacial score (nSPS) is 9.80. The number of hydrogen-bond donors (Lipinski definition) is 0. The van der Waals surface area contributed by atoms with Crippen LogP contribution in [-0.4, -0.2) is 18.5 Å². The quantitative estimate of drug-likeness (QED) is 0.315. The minimum absolute atomic E-state index is 0. The van der Waals surface area contributed by atoms with E-state index in [0.717, 1.165) is 25.7 Å². The van der Waals surface area contributed by atoms with Crippen LogP contribution in [0.5, 0.6) is 5.75 Å². The van der Waals surface area contributed by atoms with Crippen LogP contribution in [0.3, 0.4) is 0 Å². The van der Waals surface area contributed by atoms with Gasteiger partial charge in [0.2, 0.25) is 0 Å². The molecule has 0 aromatic heterocycles. The Kier molecular flexibility index (Phi) is 10.2. The second-order valence-electron chi connectivity index (χ2n) is 5.48. The molecule has 0 amide bonds. The van der Waals surface area contributed by atoms with Crippen molar-refractivity contribution in [3.63, 3.8) is 0 Å². The van der Waals surface area contributed by atoms with Crippen molar-refractivity contribution in [3.05, 3.63) is 65.7 Å². The zero-order chi connectivity index (χ0) is 17.2. The fourth-order valence-electron chi connectivity index (χ4n) is 2.18. The van der Waals surface area contributed by atoms with Gasteiger partial charge in [0.1, 0.15) is 5.75 Å². The summed E-state index contributed by atoms with van der Waals surface area (Å²) in [6.45, 7) is 2.57. The first-order valence-electron chi connectivity index (χ1n) is 8.25. The van der Waals surface area contributed by atoms with E-state index in [1.165, 1.54) is 0 Å². The Balaban J connectivity index is 0.00000312. The Labute approximate surface area is 172 Å². The molecule has 0 atom stereocenters. The Morgan fingerprint density at radius 2 is 1.48 bits per heavy atom. The summed E-state index contributed by atoms with van der Waals surface area (Å²) in [4.78, 5) is 23.8. The largest absolute Gasteiger partial charge is 1.00 e. The Bertz CT molecular complexity index is 659. The third kappa shape index (κ3) is 7.43. The van der Waals surface area contributed by atoms with Gasteiger partial charge in [-0.05, 0) is 42.8 Å². The zero-order valence-electron chi connectivity index (χ0n) is 15.9. The Morgan fingerprint density at radius 3 is 2.12 bits per heavy atom. The summed E-state index contributed by atoms with van der Waals surface area (Å²) in [5, 5.41) is 0. The van der Waals surface area contributed by atoms with Gasteiger partial charge in [0.05, 0.1) is 17.7 Å². The van der Waals surface area contributed by atoms with Gasteiger partial charge >= 0.3 is 41.5 Å². The summed E-state index contributed by atoms with van der Waals surface area (Å²) >= 11 is 0. The minimum Gasteiger partial charge on any atom is -1.00 e. The van der Waals surface area contributed by atoms with E-state index in [0.29, 0.717) is 23.5 Å². The minimum atomic E-state index is -0.429. The van der Waals surface area contributed by atoms with Crippen molar-refractivity contribution in [2.75, 3.05) is 6.61 Å². The van der Waals surface area contributed by atoms with Gasteiger partial charge in [-0.2, -0.15) is 0 Å². The molecule has 0 bridgehead atoms. The average Bonchev–Trinajstić information content (AvgIpc) is 2.62. The molecule has 2 rings (SSSR count). The van der Waals surface area contributed by atoms with E-state index in [2.05, 4.69) is 6.92 Å². The SMILES string of the molecule is CCCCCCOC(=O)c1ccc(OC(=O)c2ccccc2)cc1.[H-].[Na+]. The molecule has 0 fully saturated rings. The Hall–Kier alpha value is -1.62. The monoisotopic (exact) mass is 350 g/mol. The zero-order valence-corrected chi connectivity index (χ0v) is 16.9. The summed E-state index contributed by atoms with van der Waals surface area (Å²) in [7, 11) is 0. The fourth-order valence-corrected chi connectivity index (χ4v) is 2.18. The summed E-state index contributed by atoms with van der Waals surface area (Å²) in [5.74, 6) is -0.391. The molecule has 0 spiro atoms. The third-order valence-electron chi connectivity index (χ3n) is 3.54. The number of hydrogen-bond acceptors (Lipinski definition) is 4. The van der Waals surface area contributed by atoms with Crippen LogP contribution >= 0.6 is 0 Å². The van der Waals surface area contributed by atoms with Crippen molar-refractivity contribution in [2.24, 2.45) is 0 Å². The topological polar surface area (TPSA) is 52.6 Å². The van der Waals surface area contributed by atoms with E-state index in [-0.39, 0.29) is 37.0 Å². The maximum Gasteiger partial charge on any atom is 1.00 e. The molecule has 0 aliphatic rings. The predicted octanol–water partition coefficient (Wildman–Crippen LogP) is 1.76.